The van der Waals surface area contributed by atoms with Crippen molar-refractivity contribution in [2.24, 2.45) is 17.3 Å². The van der Waals surface area contributed by atoms with Gasteiger partial charge in [0, 0.05) is 0 Å². The van der Waals surface area contributed by atoms with Crippen LogP contribution in [0.3, 0.4) is 0 Å². The third-order valence-electron chi connectivity index (χ3n) is 6.58. The van der Waals surface area contributed by atoms with Crippen LogP contribution in [0.4, 0.5) is 13.2 Å². The van der Waals surface area contributed by atoms with Crippen LogP contribution in [0.25, 0.3) is 0 Å². The van der Waals surface area contributed by atoms with Crippen molar-refractivity contribution >= 4 is 0 Å². The third-order valence-corrected chi connectivity index (χ3v) is 6.58. The zero-order valence-corrected chi connectivity index (χ0v) is 18.5. The summed E-state index contributed by atoms with van der Waals surface area (Å²) in [5.41, 5.74) is 0.584. The topological polar surface area (TPSA) is 12.0 Å². The molecule has 1 heterocycles. The molecule has 2 atom stereocenters. The lowest BCUT2D eigenvalue weighted by Gasteiger charge is -2.39. The van der Waals surface area contributed by atoms with Gasteiger partial charge in [-0.3, -0.25) is 0 Å². The molecule has 1 aliphatic heterocycles. The highest BCUT2D eigenvalue weighted by Gasteiger charge is 2.32. The second kappa shape index (κ2) is 10.7. The fraction of sp³-hybridized carbons (Fsp3) is 0.680. The third kappa shape index (κ3) is 7.81. The molecule has 1 fully saturated rings. The van der Waals surface area contributed by atoms with Crippen LogP contribution in [-0.4, -0.2) is 13.1 Å². The minimum absolute atomic E-state index is 0.0878. The largest absolute Gasteiger partial charge is 0.416 e. The van der Waals surface area contributed by atoms with Crippen LogP contribution in [0.1, 0.15) is 83.3 Å². The van der Waals surface area contributed by atoms with E-state index in [1.807, 2.05) is 6.92 Å². The highest BCUT2D eigenvalue weighted by Crippen LogP contribution is 2.39. The molecule has 1 aliphatic rings. The Morgan fingerprint density at radius 2 is 1.79 bits per heavy atom. The van der Waals surface area contributed by atoms with Gasteiger partial charge < -0.3 is 5.32 Å². The van der Waals surface area contributed by atoms with E-state index in [-0.39, 0.29) is 5.92 Å². The van der Waals surface area contributed by atoms with Crippen LogP contribution in [0, 0.1) is 17.3 Å². The second-order valence-electron chi connectivity index (χ2n) is 9.63. The molecule has 0 bridgehead atoms. The molecule has 2 unspecified atom stereocenters. The van der Waals surface area contributed by atoms with E-state index < -0.39 is 11.7 Å². The number of rotatable bonds is 9. The maximum atomic E-state index is 12.9. The molecule has 0 aliphatic carbocycles. The smallest absolute Gasteiger partial charge is 0.317 e. The average molecular weight is 410 g/mol. The van der Waals surface area contributed by atoms with E-state index in [1.165, 1.54) is 37.8 Å². The number of hydrogen-bond acceptors (Lipinski definition) is 1. The highest BCUT2D eigenvalue weighted by atomic mass is 19.4. The number of allylic oxidation sites excluding steroid dienone is 2. The van der Waals surface area contributed by atoms with Crippen molar-refractivity contribution in [1.82, 2.24) is 5.32 Å². The zero-order chi connectivity index (χ0) is 21.5. The van der Waals surface area contributed by atoms with Crippen LogP contribution in [0.5, 0.6) is 0 Å². The van der Waals surface area contributed by atoms with Crippen LogP contribution in [0.2, 0.25) is 0 Å². The molecule has 1 saturated heterocycles. The van der Waals surface area contributed by atoms with Crippen molar-refractivity contribution in [3.8, 4) is 0 Å². The Kier molecular flexibility index (Phi) is 8.81. The first-order chi connectivity index (χ1) is 13.6. The van der Waals surface area contributed by atoms with Gasteiger partial charge in [0.2, 0.25) is 0 Å². The normalized spacial score (nSPS) is 18.9. The Bertz CT molecular complexity index is 642. The Balaban J connectivity index is 1.74. The number of nitrogens with one attached hydrogen (secondary N) is 1. The molecule has 1 N–H and O–H groups in total. The van der Waals surface area contributed by atoms with Crippen LogP contribution >= 0.6 is 0 Å². The average Bonchev–Trinajstić information content (AvgIpc) is 2.67. The van der Waals surface area contributed by atoms with Gasteiger partial charge in [0.1, 0.15) is 0 Å². The molecule has 0 amide bonds. The van der Waals surface area contributed by atoms with Gasteiger partial charge in [0.15, 0.2) is 0 Å². The van der Waals surface area contributed by atoms with Crippen molar-refractivity contribution in [2.45, 2.75) is 78.3 Å². The highest BCUT2D eigenvalue weighted by molar-refractivity contribution is 5.28. The molecular formula is C25H38F3N. The molecule has 0 saturated carbocycles. The molecule has 1 nitrogen and oxygen atoms in total. The van der Waals surface area contributed by atoms with Gasteiger partial charge in [-0.05, 0) is 86.4 Å². The number of benzene rings is 1. The maximum absolute atomic E-state index is 12.9. The summed E-state index contributed by atoms with van der Waals surface area (Å²) in [4.78, 5) is 0. The molecule has 0 spiro atoms. The lowest BCUT2D eigenvalue weighted by atomic mass is 9.69. The molecule has 0 aromatic heterocycles. The Morgan fingerprint density at radius 3 is 2.45 bits per heavy atom. The summed E-state index contributed by atoms with van der Waals surface area (Å²) in [6.45, 7) is 11.5. The zero-order valence-electron chi connectivity index (χ0n) is 18.5. The van der Waals surface area contributed by atoms with Gasteiger partial charge in [-0.15, -0.1) is 0 Å². The molecule has 1 aromatic carbocycles. The van der Waals surface area contributed by atoms with Crippen molar-refractivity contribution in [2.75, 3.05) is 13.1 Å². The van der Waals surface area contributed by atoms with Crippen LogP contribution in [-0.2, 0) is 6.18 Å². The predicted octanol–water partition coefficient (Wildman–Crippen LogP) is 7.59. The summed E-state index contributed by atoms with van der Waals surface area (Å²) < 4.78 is 38.6. The van der Waals surface area contributed by atoms with E-state index in [0.29, 0.717) is 11.3 Å². The number of hydrogen-bond donors (Lipinski definition) is 1. The number of piperidine rings is 1. The van der Waals surface area contributed by atoms with Crippen LogP contribution < -0.4 is 5.32 Å². The van der Waals surface area contributed by atoms with E-state index in [4.69, 9.17) is 0 Å². The SMILES string of the molecule is CC(CC/C=C/CC(C)c1cccc(C(F)(F)F)c1)CC(C)(C)C1CCNCC1. The van der Waals surface area contributed by atoms with E-state index in [2.05, 4.69) is 38.2 Å². The summed E-state index contributed by atoms with van der Waals surface area (Å²) >= 11 is 0. The van der Waals surface area contributed by atoms with Gasteiger partial charge in [-0.25, -0.2) is 0 Å². The summed E-state index contributed by atoms with van der Waals surface area (Å²) in [5, 5.41) is 3.45. The van der Waals surface area contributed by atoms with Gasteiger partial charge in [-0.1, -0.05) is 58.0 Å². The van der Waals surface area contributed by atoms with Crippen molar-refractivity contribution in [1.29, 1.82) is 0 Å². The van der Waals surface area contributed by atoms with Crippen molar-refractivity contribution in [3.05, 3.63) is 47.5 Å². The summed E-state index contributed by atoms with van der Waals surface area (Å²) in [6, 6.07) is 5.71. The van der Waals surface area contributed by atoms with E-state index in [9.17, 15) is 13.2 Å². The lowest BCUT2D eigenvalue weighted by Crippen LogP contribution is -2.36. The molecule has 29 heavy (non-hydrogen) atoms. The predicted molar refractivity (Wildman–Crippen MR) is 116 cm³/mol. The number of alkyl halides is 3. The molecular weight excluding hydrogens is 371 g/mol. The fourth-order valence-corrected chi connectivity index (χ4v) is 4.73. The Hall–Kier alpha value is -1.29. The van der Waals surface area contributed by atoms with Gasteiger partial charge in [0.25, 0.3) is 0 Å². The van der Waals surface area contributed by atoms with E-state index in [1.54, 1.807) is 6.07 Å². The van der Waals surface area contributed by atoms with Gasteiger partial charge in [0.05, 0.1) is 5.56 Å². The van der Waals surface area contributed by atoms with Crippen molar-refractivity contribution in [3.63, 3.8) is 0 Å². The maximum Gasteiger partial charge on any atom is 0.416 e. The summed E-state index contributed by atoms with van der Waals surface area (Å²) in [6.07, 6.45) is 6.88. The minimum atomic E-state index is -4.27. The molecule has 2 rings (SSSR count). The first kappa shape index (κ1) is 24.0. The first-order valence-electron chi connectivity index (χ1n) is 11.1. The quantitative estimate of drug-likeness (QED) is 0.414. The minimum Gasteiger partial charge on any atom is -0.317 e. The molecule has 0 radical (unpaired) electrons. The van der Waals surface area contributed by atoms with Crippen molar-refractivity contribution < 1.29 is 13.2 Å². The van der Waals surface area contributed by atoms with E-state index in [0.717, 1.165) is 43.5 Å². The number of halogens is 3. The molecule has 164 valence electrons. The van der Waals surface area contributed by atoms with Crippen LogP contribution in [0.15, 0.2) is 36.4 Å². The monoisotopic (exact) mass is 409 g/mol. The standard InChI is InChI=1S/C25H38F3N/c1-19(18-24(3,4)22-13-15-29-16-14-22)9-6-5-7-10-20(2)21-11-8-12-23(17-21)25(26,27)28/h5,7-8,11-12,17,19-20,22,29H,6,9-10,13-16,18H2,1-4H3/b7-5+. The molecule has 4 heteroatoms. The van der Waals surface area contributed by atoms with Gasteiger partial charge in [-0.2, -0.15) is 13.2 Å². The fourth-order valence-electron chi connectivity index (χ4n) is 4.73. The van der Waals surface area contributed by atoms with E-state index >= 15 is 0 Å². The Labute approximate surface area is 175 Å². The first-order valence-corrected chi connectivity index (χ1v) is 11.1. The Morgan fingerprint density at radius 1 is 1.10 bits per heavy atom. The molecule has 1 aromatic rings. The lowest BCUT2D eigenvalue weighted by molar-refractivity contribution is -0.137. The summed E-state index contributed by atoms with van der Waals surface area (Å²) in [5.74, 6) is 1.59. The summed E-state index contributed by atoms with van der Waals surface area (Å²) in [7, 11) is 0. The van der Waals surface area contributed by atoms with Gasteiger partial charge >= 0.3 is 6.18 Å². The second-order valence-corrected chi connectivity index (χ2v) is 9.63.